The lowest BCUT2D eigenvalue weighted by atomic mass is 10.2. The first-order valence-corrected chi connectivity index (χ1v) is 2.81. The van der Waals surface area contributed by atoms with E-state index in [1.165, 1.54) is 0 Å². The molecule has 0 bridgehead atoms. The molecule has 1 rings (SSSR count). The highest BCUT2D eigenvalue weighted by Gasteiger charge is 2.28. The molecule has 0 spiro atoms. The van der Waals surface area contributed by atoms with Gasteiger partial charge in [-0.25, -0.2) is 0 Å². The van der Waals surface area contributed by atoms with E-state index in [9.17, 15) is 0 Å². The van der Waals surface area contributed by atoms with E-state index in [4.69, 9.17) is 10.2 Å². The maximum Gasteiger partial charge on any atom is 0.0961 e. The number of aliphatic hydroxyl groups excluding tert-OH is 2. The standard InChI is InChI=1S/C5H11NO2/c1-3-5(8)4(7)2-6-3/h3-8H,2H2,1H3/t3-,4-,5-/m0/s1. The van der Waals surface area contributed by atoms with Gasteiger partial charge in [-0.3, -0.25) is 0 Å². The lowest BCUT2D eigenvalue weighted by molar-refractivity contribution is 0.0436. The molecular formula is C5H11NO2. The molecule has 1 saturated heterocycles. The van der Waals surface area contributed by atoms with E-state index in [1.54, 1.807) is 0 Å². The van der Waals surface area contributed by atoms with Crippen molar-refractivity contribution in [1.29, 1.82) is 0 Å². The summed E-state index contributed by atoms with van der Waals surface area (Å²) < 4.78 is 0. The Morgan fingerprint density at radius 1 is 1.50 bits per heavy atom. The molecule has 0 aliphatic carbocycles. The largest absolute Gasteiger partial charge is 0.389 e. The van der Waals surface area contributed by atoms with Gasteiger partial charge in [0.25, 0.3) is 0 Å². The molecule has 1 aliphatic rings. The van der Waals surface area contributed by atoms with Crippen LogP contribution in [-0.2, 0) is 0 Å². The van der Waals surface area contributed by atoms with E-state index in [-0.39, 0.29) is 6.04 Å². The summed E-state index contributed by atoms with van der Waals surface area (Å²) in [5.74, 6) is 0. The molecule has 0 saturated carbocycles. The van der Waals surface area contributed by atoms with E-state index in [2.05, 4.69) is 5.32 Å². The highest BCUT2D eigenvalue weighted by Crippen LogP contribution is 2.05. The number of β-amino-alcohol motifs (C(OH)–C–C–N with tert-alkyl or cyclic N) is 1. The second-order valence-corrected chi connectivity index (χ2v) is 2.25. The van der Waals surface area contributed by atoms with Gasteiger partial charge in [0, 0.05) is 12.6 Å². The third-order valence-electron chi connectivity index (χ3n) is 1.56. The average molecular weight is 117 g/mol. The summed E-state index contributed by atoms with van der Waals surface area (Å²) in [6.07, 6.45) is -1.14. The second-order valence-electron chi connectivity index (χ2n) is 2.25. The van der Waals surface area contributed by atoms with Crippen LogP contribution in [0.5, 0.6) is 0 Å². The Hall–Kier alpha value is -0.120. The minimum absolute atomic E-state index is 0.0463. The number of aliphatic hydroxyl groups is 2. The lowest BCUT2D eigenvalue weighted by Gasteiger charge is -2.08. The number of hydrogen-bond donors (Lipinski definition) is 3. The van der Waals surface area contributed by atoms with Crippen molar-refractivity contribution in [2.75, 3.05) is 6.54 Å². The van der Waals surface area contributed by atoms with Crippen LogP contribution in [0.3, 0.4) is 0 Å². The van der Waals surface area contributed by atoms with E-state index in [0.717, 1.165) is 0 Å². The normalized spacial score (nSPS) is 47.6. The Morgan fingerprint density at radius 3 is 2.25 bits per heavy atom. The number of hydrogen-bond acceptors (Lipinski definition) is 3. The van der Waals surface area contributed by atoms with E-state index < -0.39 is 12.2 Å². The average Bonchev–Trinajstić information content (AvgIpc) is 1.98. The first kappa shape index (κ1) is 6.01. The molecule has 0 radical (unpaired) electrons. The Labute approximate surface area is 48.3 Å². The molecule has 3 N–H and O–H groups in total. The molecule has 48 valence electrons. The van der Waals surface area contributed by atoms with E-state index in [0.29, 0.717) is 6.54 Å². The molecule has 8 heavy (non-hydrogen) atoms. The van der Waals surface area contributed by atoms with Crippen LogP contribution >= 0.6 is 0 Å². The zero-order valence-electron chi connectivity index (χ0n) is 4.83. The molecule has 0 aromatic carbocycles. The number of rotatable bonds is 0. The predicted octanol–water partition coefficient (Wildman–Crippen LogP) is -1.30. The van der Waals surface area contributed by atoms with Gasteiger partial charge in [0.15, 0.2) is 0 Å². The molecule has 1 aliphatic heterocycles. The van der Waals surface area contributed by atoms with Gasteiger partial charge in [0.1, 0.15) is 0 Å². The van der Waals surface area contributed by atoms with Crippen molar-refractivity contribution in [3.63, 3.8) is 0 Å². The van der Waals surface area contributed by atoms with Crippen molar-refractivity contribution in [2.45, 2.75) is 25.2 Å². The quantitative estimate of drug-likeness (QED) is 0.369. The minimum Gasteiger partial charge on any atom is -0.389 e. The Kier molecular flexibility index (Phi) is 1.51. The van der Waals surface area contributed by atoms with Crippen LogP contribution in [0.25, 0.3) is 0 Å². The molecule has 0 unspecified atom stereocenters. The maximum absolute atomic E-state index is 8.95. The maximum atomic E-state index is 8.95. The molecule has 3 nitrogen and oxygen atoms in total. The zero-order chi connectivity index (χ0) is 6.15. The van der Waals surface area contributed by atoms with Gasteiger partial charge in [-0.1, -0.05) is 0 Å². The van der Waals surface area contributed by atoms with Crippen molar-refractivity contribution in [1.82, 2.24) is 5.32 Å². The van der Waals surface area contributed by atoms with Crippen LogP contribution in [0.2, 0.25) is 0 Å². The Morgan fingerprint density at radius 2 is 2.12 bits per heavy atom. The van der Waals surface area contributed by atoms with Gasteiger partial charge in [-0.15, -0.1) is 0 Å². The highest BCUT2D eigenvalue weighted by molar-refractivity contribution is 4.86. The summed E-state index contributed by atoms with van der Waals surface area (Å²) in [6, 6.07) is 0.0463. The van der Waals surface area contributed by atoms with Crippen LogP contribution in [0.4, 0.5) is 0 Å². The predicted molar refractivity (Wildman–Crippen MR) is 29.5 cm³/mol. The molecule has 3 heteroatoms. The summed E-state index contributed by atoms with van der Waals surface area (Å²) >= 11 is 0. The van der Waals surface area contributed by atoms with E-state index in [1.807, 2.05) is 6.92 Å². The van der Waals surface area contributed by atoms with Gasteiger partial charge < -0.3 is 15.5 Å². The first-order chi connectivity index (χ1) is 3.72. The summed E-state index contributed by atoms with van der Waals surface area (Å²) in [4.78, 5) is 0. The van der Waals surface area contributed by atoms with Crippen molar-refractivity contribution < 1.29 is 10.2 Å². The summed E-state index contributed by atoms with van der Waals surface area (Å²) in [7, 11) is 0. The van der Waals surface area contributed by atoms with Crippen LogP contribution < -0.4 is 5.32 Å². The van der Waals surface area contributed by atoms with Gasteiger partial charge in [0.2, 0.25) is 0 Å². The van der Waals surface area contributed by atoms with Gasteiger partial charge in [-0.2, -0.15) is 0 Å². The first-order valence-electron chi connectivity index (χ1n) is 2.81. The van der Waals surface area contributed by atoms with Crippen LogP contribution in [0.15, 0.2) is 0 Å². The summed E-state index contributed by atoms with van der Waals surface area (Å²) in [6.45, 7) is 2.36. The number of nitrogens with one attached hydrogen (secondary N) is 1. The molecule has 0 aromatic rings. The molecular weight excluding hydrogens is 106 g/mol. The topological polar surface area (TPSA) is 52.5 Å². The molecule has 1 fully saturated rings. The molecule has 0 aromatic heterocycles. The fourth-order valence-electron chi connectivity index (χ4n) is 0.881. The van der Waals surface area contributed by atoms with E-state index >= 15 is 0 Å². The molecule has 0 amide bonds. The smallest absolute Gasteiger partial charge is 0.0961 e. The van der Waals surface area contributed by atoms with Crippen LogP contribution in [0, 0.1) is 0 Å². The van der Waals surface area contributed by atoms with Crippen molar-refractivity contribution in [2.24, 2.45) is 0 Å². The second kappa shape index (κ2) is 2.01. The Bertz CT molecular complexity index is 76.5. The minimum atomic E-state index is -0.574. The zero-order valence-corrected chi connectivity index (χ0v) is 4.83. The van der Waals surface area contributed by atoms with Crippen LogP contribution in [-0.4, -0.2) is 35.0 Å². The highest BCUT2D eigenvalue weighted by atomic mass is 16.3. The van der Waals surface area contributed by atoms with Gasteiger partial charge in [0.05, 0.1) is 12.2 Å². The van der Waals surface area contributed by atoms with Gasteiger partial charge >= 0.3 is 0 Å². The fraction of sp³-hybridized carbons (Fsp3) is 1.00. The van der Waals surface area contributed by atoms with Crippen molar-refractivity contribution in [3.8, 4) is 0 Å². The van der Waals surface area contributed by atoms with Crippen molar-refractivity contribution >= 4 is 0 Å². The van der Waals surface area contributed by atoms with Crippen molar-refractivity contribution in [3.05, 3.63) is 0 Å². The Balaban J connectivity index is 2.44. The monoisotopic (exact) mass is 117 g/mol. The molecule has 1 heterocycles. The van der Waals surface area contributed by atoms with Crippen LogP contribution in [0.1, 0.15) is 6.92 Å². The lowest BCUT2D eigenvalue weighted by Crippen LogP contribution is -2.29. The third kappa shape index (κ3) is 0.844. The fourth-order valence-corrected chi connectivity index (χ4v) is 0.881. The third-order valence-corrected chi connectivity index (χ3v) is 1.56. The summed E-state index contributed by atoms with van der Waals surface area (Å²) in [5, 5.41) is 20.7. The molecule has 3 atom stereocenters. The van der Waals surface area contributed by atoms with Gasteiger partial charge in [-0.05, 0) is 6.92 Å². The summed E-state index contributed by atoms with van der Waals surface area (Å²) in [5.41, 5.74) is 0. The SMILES string of the molecule is C[C@@H]1NC[C@H](O)[C@H]1O.